The van der Waals surface area contributed by atoms with Crippen molar-refractivity contribution in [3.05, 3.63) is 49.6 Å². The lowest BCUT2D eigenvalue weighted by molar-refractivity contribution is 0.782. The van der Waals surface area contributed by atoms with Crippen LogP contribution in [0.25, 0.3) is 0 Å². The Morgan fingerprint density at radius 2 is 1.42 bits per heavy atom. The third-order valence-electron chi connectivity index (χ3n) is 1.41. The zero-order chi connectivity index (χ0) is 10.1. The molecule has 68 valence electrons. The average Bonchev–Trinajstić information content (AvgIpc) is 2.03. The Morgan fingerprint density at radius 3 is 1.42 bits per heavy atom. The molecule has 0 aromatic rings. The summed E-state index contributed by atoms with van der Waals surface area (Å²) in [7, 11) is 0. The van der Waals surface area contributed by atoms with Crippen LogP contribution in [-0.2, 0) is 0 Å². The van der Waals surface area contributed by atoms with Gasteiger partial charge in [0.2, 0.25) is 0 Å². The minimum absolute atomic E-state index is 0.549. The fourth-order valence-corrected chi connectivity index (χ4v) is 0.493. The molecule has 0 amide bonds. The van der Waals surface area contributed by atoms with Gasteiger partial charge in [0.15, 0.2) is 0 Å². The monoisotopic (exact) mass is 164 g/mol. The van der Waals surface area contributed by atoms with Gasteiger partial charge in [0.05, 0.1) is 0 Å². The topological polar surface area (TPSA) is 0 Å². The standard InChI is InChI=1S/C8H14.C4H6/c1-6(2)8(5)7(3)4;1-3-4-2/h7H,1,5H2,2-4H3;3-4H,1-2H2. The largest absolute Gasteiger partial charge is 0.0991 e. The highest BCUT2D eigenvalue weighted by atomic mass is 14.0. The van der Waals surface area contributed by atoms with Gasteiger partial charge in [-0.05, 0) is 12.8 Å². The van der Waals surface area contributed by atoms with E-state index in [1.165, 1.54) is 0 Å². The SMILES string of the molecule is C=C(C)C(=C)C(C)C.C=CC=C. The molecular weight excluding hydrogens is 144 g/mol. The molecule has 0 aromatic heterocycles. The van der Waals surface area contributed by atoms with Crippen molar-refractivity contribution in [3.63, 3.8) is 0 Å². The predicted octanol–water partition coefficient (Wildman–Crippen LogP) is 4.13. The second-order valence-electron chi connectivity index (χ2n) is 2.93. The number of allylic oxidation sites excluding steroid dienone is 4. The maximum Gasteiger partial charge on any atom is -0.0222 e. The van der Waals surface area contributed by atoms with Crippen molar-refractivity contribution in [2.45, 2.75) is 20.8 Å². The summed E-state index contributed by atoms with van der Waals surface area (Å²) in [5.41, 5.74) is 2.25. The molecule has 0 N–H and O–H groups in total. The minimum Gasteiger partial charge on any atom is -0.0991 e. The molecule has 0 aromatic carbocycles. The molecule has 0 nitrogen and oxygen atoms in total. The molecule has 0 spiro atoms. The van der Waals surface area contributed by atoms with Gasteiger partial charge in [-0.25, -0.2) is 0 Å². The Kier molecular flexibility index (Phi) is 9.10. The average molecular weight is 164 g/mol. The Balaban J connectivity index is 0. The van der Waals surface area contributed by atoms with Crippen LogP contribution < -0.4 is 0 Å². The van der Waals surface area contributed by atoms with E-state index in [1.807, 2.05) is 6.92 Å². The summed E-state index contributed by atoms with van der Waals surface area (Å²) < 4.78 is 0. The van der Waals surface area contributed by atoms with Gasteiger partial charge in [-0.15, -0.1) is 0 Å². The summed E-state index contributed by atoms with van der Waals surface area (Å²) in [5.74, 6) is 0.549. The van der Waals surface area contributed by atoms with Crippen molar-refractivity contribution < 1.29 is 0 Å². The van der Waals surface area contributed by atoms with Crippen LogP contribution in [0.4, 0.5) is 0 Å². The Bertz CT molecular complexity index is 164. The lowest BCUT2D eigenvalue weighted by Crippen LogP contribution is -1.91. The normalized spacial score (nSPS) is 8.00. The van der Waals surface area contributed by atoms with E-state index in [4.69, 9.17) is 0 Å². The van der Waals surface area contributed by atoms with Gasteiger partial charge in [-0.2, -0.15) is 0 Å². The molecule has 0 unspecified atom stereocenters. The predicted molar refractivity (Wildman–Crippen MR) is 59.2 cm³/mol. The van der Waals surface area contributed by atoms with E-state index >= 15 is 0 Å². The molecule has 0 radical (unpaired) electrons. The van der Waals surface area contributed by atoms with Crippen LogP contribution in [0.2, 0.25) is 0 Å². The molecule has 0 rings (SSSR count). The van der Waals surface area contributed by atoms with E-state index in [0.717, 1.165) is 11.1 Å². The minimum atomic E-state index is 0.549. The highest BCUT2D eigenvalue weighted by Crippen LogP contribution is 2.13. The van der Waals surface area contributed by atoms with E-state index in [0.29, 0.717) is 5.92 Å². The van der Waals surface area contributed by atoms with Gasteiger partial charge in [0, 0.05) is 0 Å². The third kappa shape index (κ3) is 8.96. The van der Waals surface area contributed by atoms with E-state index in [1.54, 1.807) is 12.2 Å². The quantitative estimate of drug-likeness (QED) is 0.550. The van der Waals surface area contributed by atoms with Crippen LogP contribution in [0, 0.1) is 5.92 Å². The molecule has 0 atom stereocenters. The van der Waals surface area contributed by atoms with Crippen molar-refractivity contribution >= 4 is 0 Å². The molecule has 0 aliphatic heterocycles. The lowest BCUT2D eigenvalue weighted by Gasteiger charge is -2.06. The maximum atomic E-state index is 3.85. The second-order valence-corrected chi connectivity index (χ2v) is 2.93. The zero-order valence-electron chi connectivity index (χ0n) is 8.56. The van der Waals surface area contributed by atoms with Gasteiger partial charge in [0.1, 0.15) is 0 Å². The smallest absolute Gasteiger partial charge is 0.0222 e. The van der Waals surface area contributed by atoms with Crippen LogP contribution >= 0.6 is 0 Å². The van der Waals surface area contributed by atoms with E-state index in [9.17, 15) is 0 Å². The van der Waals surface area contributed by atoms with Crippen molar-refractivity contribution in [2.24, 2.45) is 5.92 Å². The summed E-state index contributed by atoms with van der Waals surface area (Å²) >= 11 is 0. The molecular formula is C12H20. The Labute approximate surface area is 77.0 Å². The van der Waals surface area contributed by atoms with E-state index in [-0.39, 0.29) is 0 Å². The van der Waals surface area contributed by atoms with Crippen molar-refractivity contribution in [3.8, 4) is 0 Å². The molecule has 0 fully saturated rings. The number of hydrogen-bond acceptors (Lipinski definition) is 0. The molecule has 0 bridgehead atoms. The first-order chi connectivity index (χ1) is 5.47. The van der Waals surface area contributed by atoms with Crippen molar-refractivity contribution in [2.75, 3.05) is 0 Å². The van der Waals surface area contributed by atoms with E-state index < -0.39 is 0 Å². The molecule has 0 heteroatoms. The second kappa shape index (κ2) is 8.06. The van der Waals surface area contributed by atoms with Crippen LogP contribution in [-0.4, -0.2) is 0 Å². The van der Waals surface area contributed by atoms with Crippen LogP contribution in [0.3, 0.4) is 0 Å². The highest BCUT2D eigenvalue weighted by Gasteiger charge is 1.97. The maximum absolute atomic E-state index is 3.85. The molecule has 0 heterocycles. The van der Waals surface area contributed by atoms with Crippen molar-refractivity contribution in [1.82, 2.24) is 0 Å². The lowest BCUT2D eigenvalue weighted by atomic mass is 10.00. The van der Waals surface area contributed by atoms with Crippen LogP contribution in [0.5, 0.6) is 0 Å². The zero-order valence-corrected chi connectivity index (χ0v) is 8.56. The fraction of sp³-hybridized carbons (Fsp3) is 0.333. The van der Waals surface area contributed by atoms with Crippen molar-refractivity contribution in [1.29, 1.82) is 0 Å². The first kappa shape index (κ1) is 13.5. The number of hydrogen-bond donors (Lipinski definition) is 0. The summed E-state index contributed by atoms with van der Waals surface area (Å²) in [6.45, 7) is 20.6. The van der Waals surface area contributed by atoms with Gasteiger partial charge in [0.25, 0.3) is 0 Å². The van der Waals surface area contributed by atoms with Gasteiger partial charge < -0.3 is 0 Å². The third-order valence-corrected chi connectivity index (χ3v) is 1.41. The summed E-state index contributed by atoms with van der Waals surface area (Å²) in [6, 6.07) is 0. The Morgan fingerprint density at radius 1 is 1.08 bits per heavy atom. The summed E-state index contributed by atoms with van der Waals surface area (Å²) in [5, 5.41) is 0. The van der Waals surface area contributed by atoms with E-state index in [2.05, 4.69) is 40.2 Å². The highest BCUT2D eigenvalue weighted by molar-refractivity contribution is 5.23. The first-order valence-corrected chi connectivity index (χ1v) is 4.05. The molecule has 12 heavy (non-hydrogen) atoms. The summed E-state index contributed by atoms with van der Waals surface area (Å²) in [4.78, 5) is 0. The van der Waals surface area contributed by atoms with Crippen LogP contribution in [0.15, 0.2) is 49.6 Å². The van der Waals surface area contributed by atoms with Crippen LogP contribution in [0.1, 0.15) is 20.8 Å². The van der Waals surface area contributed by atoms with Gasteiger partial charge >= 0.3 is 0 Å². The first-order valence-electron chi connectivity index (χ1n) is 4.05. The van der Waals surface area contributed by atoms with Gasteiger partial charge in [-0.3, -0.25) is 0 Å². The Hall–Kier alpha value is -1.04. The fourth-order valence-electron chi connectivity index (χ4n) is 0.493. The molecule has 0 aliphatic rings. The molecule has 0 saturated carbocycles. The molecule has 0 aliphatic carbocycles. The molecule has 0 saturated heterocycles. The number of rotatable bonds is 3. The summed E-state index contributed by atoms with van der Waals surface area (Å²) in [6.07, 6.45) is 3.28. The van der Waals surface area contributed by atoms with Gasteiger partial charge in [-0.1, -0.05) is 63.5 Å².